The van der Waals surface area contributed by atoms with Crippen molar-refractivity contribution in [2.24, 2.45) is 0 Å². The number of carbonyl (C=O) groups excluding carboxylic acids is 2. The number of amides is 2. The van der Waals surface area contributed by atoms with Gasteiger partial charge < -0.3 is 15.5 Å². The van der Waals surface area contributed by atoms with Gasteiger partial charge in [-0.25, -0.2) is 0 Å². The molecule has 2 aromatic carbocycles. The Kier molecular flexibility index (Phi) is 6.42. The van der Waals surface area contributed by atoms with Crippen LogP contribution in [0.1, 0.15) is 19.4 Å². The van der Waals surface area contributed by atoms with Crippen LogP contribution >= 0.6 is 11.6 Å². The number of rotatable bonds is 5. The second-order valence-electron chi connectivity index (χ2n) is 5.59. The molecule has 6 heteroatoms. The van der Waals surface area contributed by atoms with Gasteiger partial charge in [0.25, 0.3) is 0 Å². The summed E-state index contributed by atoms with van der Waals surface area (Å²) in [5.41, 5.74) is 3.02. The van der Waals surface area contributed by atoms with E-state index in [1.54, 1.807) is 30.3 Å². The van der Waals surface area contributed by atoms with E-state index in [0.29, 0.717) is 16.4 Å². The van der Waals surface area contributed by atoms with Crippen molar-refractivity contribution in [1.29, 1.82) is 0 Å². The number of hydrogen-bond donors (Lipinski definition) is 2. The minimum Gasteiger partial charge on any atom is -0.372 e. The molecule has 2 rings (SSSR count). The SMILES string of the molecule is CCN(CC)c1ccc(NC(=O)C(=O)Nc2ccc(C)c(Cl)c2)cc1. The van der Waals surface area contributed by atoms with Crippen LogP contribution in [0.4, 0.5) is 17.1 Å². The van der Waals surface area contributed by atoms with Crippen molar-refractivity contribution in [3.05, 3.63) is 53.1 Å². The van der Waals surface area contributed by atoms with Crippen molar-refractivity contribution in [3.8, 4) is 0 Å². The lowest BCUT2D eigenvalue weighted by molar-refractivity contribution is -0.132. The molecule has 25 heavy (non-hydrogen) atoms. The number of nitrogens with one attached hydrogen (secondary N) is 2. The molecule has 0 heterocycles. The molecule has 2 amide bonds. The Labute approximate surface area is 153 Å². The molecule has 0 saturated carbocycles. The third kappa shape index (κ3) is 4.97. The summed E-state index contributed by atoms with van der Waals surface area (Å²) in [5, 5.41) is 5.65. The van der Waals surface area contributed by atoms with Crippen LogP contribution < -0.4 is 15.5 Å². The largest absolute Gasteiger partial charge is 0.372 e. The molecule has 2 N–H and O–H groups in total. The molecule has 0 aliphatic rings. The molecule has 0 saturated heterocycles. The number of anilines is 3. The van der Waals surface area contributed by atoms with Crippen molar-refractivity contribution >= 4 is 40.5 Å². The Morgan fingerprint density at radius 2 is 1.44 bits per heavy atom. The smallest absolute Gasteiger partial charge is 0.314 e. The quantitative estimate of drug-likeness (QED) is 0.791. The maximum atomic E-state index is 12.0. The minimum absolute atomic E-state index is 0.479. The molecule has 0 atom stereocenters. The van der Waals surface area contributed by atoms with Crippen LogP contribution in [0.2, 0.25) is 5.02 Å². The van der Waals surface area contributed by atoms with Crippen LogP contribution in [0.5, 0.6) is 0 Å². The predicted octanol–water partition coefficient (Wildman–Crippen LogP) is 4.07. The maximum Gasteiger partial charge on any atom is 0.314 e. The number of aryl methyl sites for hydroxylation is 1. The zero-order valence-corrected chi connectivity index (χ0v) is 15.4. The summed E-state index contributed by atoms with van der Waals surface area (Å²) in [6, 6.07) is 12.5. The molecule has 132 valence electrons. The number of halogens is 1. The first-order valence-corrected chi connectivity index (χ1v) is 8.55. The zero-order valence-electron chi connectivity index (χ0n) is 14.6. The second kappa shape index (κ2) is 8.53. The molecule has 0 aliphatic heterocycles. The van der Waals surface area contributed by atoms with E-state index in [4.69, 9.17) is 11.6 Å². The van der Waals surface area contributed by atoms with Crippen molar-refractivity contribution in [1.82, 2.24) is 0 Å². The van der Waals surface area contributed by atoms with Gasteiger partial charge in [0.1, 0.15) is 0 Å². The number of benzene rings is 2. The lowest BCUT2D eigenvalue weighted by atomic mass is 10.2. The summed E-state index contributed by atoms with van der Waals surface area (Å²) in [6.07, 6.45) is 0. The number of nitrogens with zero attached hydrogens (tertiary/aromatic N) is 1. The summed E-state index contributed by atoms with van der Waals surface area (Å²) >= 11 is 6.01. The van der Waals surface area contributed by atoms with Crippen molar-refractivity contribution in [2.75, 3.05) is 28.6 Å². The number of carbonyl (C=O) groups is 2. The fourth-order valence-electron chi connectivity index (χ4n) is 2.39. The highest BCUT2D eigenvalue weighted by atomic mass is 35.5. The number of hydrogen-bond acceptors (Lipinski definition) is 3. The standard InChI is InChI=1S/C19H22ClN3O2/c1-4-23(5-2)16-10-8-14(9-11-16)21-18(24)19(25)22-15-7-6-13(3)17(20)12-15/h6-12H,4-5H2,1-3H3,(H,21,24)(H,22,25). The highest BCUT2D eigenvalue weighted by Gasteiger charge is 2.14. The van der Waals surface area contributed by atoms with E-state index in [9.17, 15) is 9.59 Å². The van der Waals surface area contributed by atoms with Gasteiger partial charge in [-0.3, -0.25) is 9.59 Å². The summed E-state index contributed by atoms with van der Waals surface area (Å²) in [7, 11) is 0. The van der Waals surface area contributed by atoms with Gasteiger partial charge >= 0.3 is 11.8 Å². The van der Waals surface area contributed by atoms with Crippen LogP contribution in [0, 0.1) is 6.92 Å². The van der Waals surface area contributed by atoms with Crippen LogP contribution in [0.25, 0.3) is 0 Å². The van der Waals surface area contributed by atoms with Gasteiger partial charge in [-0.05, 0) is 62.7 Å². The predicted molar refractivity (Wildman–Crippen MR) is 103 cm³/mol. The first-order valence-electron chi connectivity index (χ1n) is 8.18. The maximum absolute atomic E-state index is 12.0. The third-order valence-electron chi connectivity index (χ3n) is 3.89. The molecular weight excluding hydrogens is 338 g/mol. The van der Waals surface area contributed by atoms with Crippen molar-refractivity contribution in [3.63, 3.8) is 0 Å². The molecule has 5 nitrogen and oxygen atoms in total. The van der Waals surface area contributed by atoms with Gasteiger partial charge in [0.2, 0.25) is 0 Å². The van der Waals surface area contributed by atoms with Gasteiger partial charge in [0, 0.05) is 35.2 Å². The normalized spacial score (nSPS) is 10.2. The van der Waals surface area contributed by atoms with Crippen molar-refractivity contribution < 1.29 is 9.59 Å². The third-order valence-corrected chi connectivity index (χ3v) is 4.30. The molecule has 0 spiro atoms. The Balaban J connectivity index is 1.98. The Morgan fingerprint density at radius 1 is 0.920 bits per heavy atom. The van der Waals surface area contributed by atoms with Crippen LogP contribution in [0.15, 0.2) is 42.5 Å². The lowest BCUT2D eigenvalue weighted by Crippen LogP contribution is -2.29. The Hall–Kier alpha value is -2.53. The summed E-state index contributed by atoms with van der Waals surface area (Å²) < 4.78 is 0. The molecule has 0 radical (unpaired) electrons. The summed E-state index contributed by atoms with van der Waals surface area (Å²) in [5.74, 6) is -1.47. The van der Waals surface area contributed by atoms with E-state index in [2.05, 4.69) is 29.4 Å². The van der Waals surface area contributed by atoms with Crippen LogP contribution in [-0.2, 0) is 9.59 Å². The fraction of sp³-hybridized carbons (Fsp3) is 0.263. The van der Waals surface area contributed by atoms with Gasteiger partial charge in [0.15, 0.2) is 0 Å². The molecule has 2 aromatic rings. The summed E-state index contributed by atoms with van der Waals surface area (Å²) in [6.45, 7) is 7.84. The highest BCUT2D eigenvalue weighted by molar-refractivity contribution is 6.43. The van der Waals surface area contributed by atoms with E-state index in [1.165, 1.54) is 0 Å². The topological polar surface area (TPSA) is 61.4 Å². The first kappa shape index (κ1) is 18.8. The van der Waals surface area contributed by atoms with Gasteiger partial charge in [-0.2, -0.15) is 0 Å². The molecule has 0 unspecified atom stereocenters. The van der Waals surface area contributed by atoms with E-state index in [1.807, 2.05) is 19.1 Å². The zero-order chi connectivity index (χ0) is 18.4. The lowest BCUT2D eigenvalue weighted by Gasteiger charge is -2.21. The molecule has 0 bridgehead atoms. The van der Waals surface area contributed by atoms with E-state index < -0.39 is 11.8 Å². The average molecular weight is 360 g/mol. The molecular formula is C19H22ClN3O2. The monoisotopic (exact) mass is 359 g/mol. The van der Waals surface area contributed by atoms with Gasteiger partial charge in [-0.1, -0.05) is 17.7 Å². The van der Waals surface area contributed by atoms with E-state index in [-0.39, 0.29) is 0 Å². The average Bonchev–Trinajstić information content (AvgIpc) is 2.60. The van der Waals surface area contributed by atoms with E-state index >= 15 is 0 Å². The Morgan fingerprint density at radius 3 is 1.96 bits per heavy atom. The second-order valence-corrected chi connectivity index (χ2v) is 6.00. The first-order chi connectivity index (χ1) is 11.9. The molecule has 0 aliphatic carbocycles. The minimum atomic E-state index is -0.743. The molecule has 0 aromatic heterocycles. The Bertz CT molecular complexity index is 756. The van der Waals surface area contributed by atoms with E-state index in [0.717, 1.165) is 24.3 Å². The highest BCUT2D eigenvalue weighted by Crippen LogP contribution is 2.20. The summed E-state index contributed by atoms with van der Waals surface area (Å²) in [4.78, 5) is 26.2. The van der Waals surface area contributed by atoms with Crippen molar-refractivity contribution in [2.45, 2.75) is 20.8 Å². The van der Waals surface area contributed by atoms with Gasteiger partial charge in [-0.15, -0.1) is 0 Å². The fourth-order valence-corrected chi connectivity index (χ4v) is 2.57. The van der Waals surface area contributed by atoms with Crippen LogP contribution in [0.3, 0.4) is 0 Å². The van der Waals surface area contributed by atoms with Gasteiger partial charge in [0.05, 0.1) is 0 Å². The molecule has 0 fully saturated rings. The van der Waals surface area contributed by atoms with Crippen LogP contribution in [-0.4, -0.2) is 24.9 Å².